The summed E-state index contributed by atoms with van der Waals surface area (Å²) in [6, 6.07) is 6.08. The zero-order valence-corrected chi connectivity index (χ0v) is 11.1. The molecule has 0 fully saturated rings. The molecule has 6 heteroatoms. The second-order valence-electron chi connectivity index (χ2n) is 3.85. The number of halogens is 1. The molecule has 2 heterocycles. The van der Waals surface area contributed by atoms with Gasteiger partial charge in [-0.1, -0.05) is 11.6 Å². The van der Waals surface area contributed by atoms with Crippen LogP contribution in [0.2, 0.25) is 4.34 Å². The van der Waals surface area contributed by atoms with Crippen molar-refractivity contribution in [3.63, 3.8) is 0 Å². The summed E-state index contributed by atoms with van der Waals surface area (Å²) in [6.07, 6.45) is 3.66. The van der Waals surface area contributed by atoms with E-state index in [0.717, 1.165) is 17.2 Å². The molecule has 0 saturated carbocycles. The van der Waals surface area contributed by atoms with Gasteiger partial charge in [0, 0.05) is 23.8 Å². The Hall–Kier alpha value is -0.880. The molecule has 2 aromatic heterocycles. The second-order valence-corrected chi connectivity index (χ2v) is 5.59. The van der Waals surface area contributed by atoms with Gasteiger partial charge in [0.15, 0.2) is 0 Å². The Morgan fingerprint density at radius 3 is 2.88 bits per heavy atom. The lowest BCUT2D eigenvalue weighted by Crippen LogP contribution is -2.27. The molecule has 0 amide bonds. The molecule has 0 aromatic carbocycles. The maximum atomic E-state index is 5.92. The summed E-state index contributed by atoms with van der Waals surface area (Å²) in [5.74, 6) is 5.58. The van der Waals surface area contributed by atoms with Crippen LogP contribution < -0.4 is 11.3 Å². The van der Waals surface area contributed by atoms with Crippen molar-refractivity contribution in [3.05, 3.63) is 39.3 Å². The van der Waals surface area contributed by atoms with Crippen LogP contribution in [0.3, 0.4) is 0 Å². The Bertz CT molecular complexity index is 479. The van der Waals surface area contributed by atoms with Gasteiger partial charge in [-0.2, -0.15) is 5.10 Å². The molecule has 1 atom stereocenters. The largest absolute Gasteiger partial charge is 0.273 e. The molecule has 0 saturated heterocycles. The topological polar surface area (TPSA) is 55.9 Å². The fourth-order valence-corrected chi connectivity index (χ4v) is 2.92. The summed E-state index contributed by atoms with van der Waals surface area (Å²) in [5.41, 5.74) is 4.04. The molecule has 0 spiro atoms. The highest BCUT2D eigenvalue weighted by atomic mass is 35.5. The number of hydrazine groups is 1. The molecular weight excluding hydrogens is 256 g/mol. The van der Waals surface area contributed by atoms with E-state index in [-0.39, 0.29) is 6.04 Å². The first kappa shape index (κ1) is 12.6. The number of nitrogens with zero attached hydrogens (tertiary/aromatic N) is 2. The minimum Gasteiger partial charge on any atom is -0.273 e. The molecule has 1 unspecified atom stereocenters. The van der Waals surface area contributed by atoms with Crippen LogP contribution >= 0.6 is 22.9 Å². The molecule has 2 rings (SSSR count). The summed E-state index contributed by atoms with van der Waals surface area (Å²) in [6.45, 7) is 0. The van der Waals surface area contributed by atoms with E-state index in [1.54, 1.807) is 11.3 Å². The highest BCUT2D eigenvalue weighted by Gasteiger charge is 2.12. The monoisotopic (exact) mass is 270 g/mol. The fourth-order valence-electron chi connectivity index (χ4n) is 1.76. The molecule has 92 valence electrons. The normalized spacial score (nSPS) is 12.9. The number of nitrogens with one attached hydrogen (secondary N) is 1. The zero-order valence-electron chi connectivity index (χ0n) is 9.56. The van der Waals surface area contributed by atoms with Gasteiger partial charge in [0.1, 0.15) is 0 Å². The maximum Gasteiger partial charge on any atom is 0.0931 e. The van der Waals surface area contributed by atoms with Crippen LogP contribution in [0.25, 0.3) is 0 Å². The highest BCUT2D eigenvalue weighted by molar-refractivity contribution is 7.16. The van der Waals surface area contributed by atoms with E-state index in [0.29, 0.717) is 0 Å². The Labute approximate surface area is 109 Å². The number of hydrogen-bond acceptors (Lipinski definition) is 4. The smallest absolute Gasteiger partial charge is 0.0931 e. The van der Waals surface area contributed by atoms with E-state index < -0.39 is 0 Å². The summed E-state index contributed by atoms with van der Waals surface area (Å²) in [7, 11) is 1.95. The third-order valence-electron chi connectivity index (χ3n) is 2.75. The summed E-state index contributed by atoms with van der Waals surface area (Å²) >= 11 is 7.48. The molecule has 0 aliphatic rings. The standard InChI is InChI=1S/C11H15ClN4S/c1-16-8(6-7-14-16)2-3-9(15-13)10-4-5-11(12)17-10/h4-7,9,15H,2-3,13H2,1H3. The van der Waals surface area contributed by atoms with Crippen LogP contribution in [0.5, 0.6) is 0 Å². The molecule has 0 radical (unpaired) electrons. The van der Waals surface area contributed by atoms with Crippen LogP contribution in [-0.2, 0) is 13.5 Å². The molecule has 3 N–H and O–H groups in total. The first-order chi connectivity index (χ1) is 8.20. The van der Waals surface area contributed by atoms with E-state index in [1.807, 2.05) is 36.1 Å². The van der Waals surface area contributed by atoms with Crippen molar-refractivity contribution in [1.82, 2.24) is 15.2 Å². The first-order valence-electron chi connectivity index (χ1n) is 5.39. The van der Waals surface area contributed by atoms with Gasteiger partial charge in [-0.15, -0.1) is 11.3 Å². The summed E-state index contributed by atoms with van der Waals surface area (Å²) in [4.78, 5) is 1.17. The van der Waals surface area contributed by atoms with Crippen LogP contribution in [0, 0.1) is 0 Å². The number of aromatic nitrogens is 2. The van der Waals surface area contributed by atoms with Gasteiger partial charge in [-0.25, -0.2) is 0 Å². The average molecular weight is 271 g/mol. The van der Waals surface area contributed by atoms with E-state index >= 15 is 0 Å². The molecule has 0 aliphatic carbocycles. The van der Waals surface area contributed by atoms with Crippen molar-refractivity contribution in [2.24, 2.45) is 12.9 Å². The predicted molar refractivity (Wildman–Crippen MR) is 70.9 cm³/mol. The SMILES string of the molecule is Cn1nccc1CCC(NN)c1ccc(Cl)s1. The maximum absolute atomic E-state index is 5.92. The van der Waals surface area contributed by atoms with Gasteiger partial charge in [-0.3, -0.25) is 16.0 Å². The lowest BCUT2D eigenvalue weighted by molar-refractivity contribution is 0.514. The van der Waals surface area contributed by atoms with Crippen molar-refractivity contribution in [3.8, 4) is 0 Å². The van der Waals surface area contributed by atoms with E-state index in [1.165, 1.54) is 10.6 Å². The molecule has 0 bridgehead atoms. The van der Waals surface area contributed by atoms with Crippen molar-refractivity contribution in [1.29, 1.82) is 0 Å². The predicted octanol–water partition coefficient (Wildman–Crippen LogP) is 2.27. The molecule has 0 aliphatic heterocycles. The molecular formula is C11H15ClN4S. The van der Waals surface area contributed by atoms with Crippen LogP contribution in [0.4, 0.5) is 0 Å². The third kappa shape index (κ3) is 3.07. The van der Waals surface area contributed by atoms with Crippen LogP contribution in [-0.4, -0.2) is 9.78 Å². The Morgan fingerprint density at radius 1 is 1.53 bits per heavy atom. The quantitative estimate of drug-likeness (QED) is 0.647. The Morgan fingerprint density at radius 2 is 2.35 bits per heavy atom. The molecule has 2 aromatic rings. The van der Waals surface area contributed by atoms with E-state index in [9.17, 15) is 0 Å². The van der Waals surface area contributed by atoms with Crippen molar-refractivity contribution < 1.29 is 0 Å². The second kappa shape index (κ2) is 5.64. The van der Waals surface area contributed by atoms with Crippen molar-refractivity contribution >= 4 is 22.9 Å². The zero-order chi connectivity index (χ0) is 12.3. The molecule has 4 nitrogen and oxygen atoms in total. The Balaban J connectivity index is 1.99. The number of hydrogen-bond donors (Lipinski definition) is 2. The minimum absolute atomic E-state index is 0.141. The number of thiophene rings is 1. The number of nitrogens with two attached hydrogens (primary N) is 1. The van der Waals surface area contributed by atoms with Crippen molar-refractivity contribution in [2.45, 2.75) is 18.9 Å². The van der Waals surface area contributed by atoms with Gasteiger partial charge < -0.3 is 0 Å². The van der Waals surface area contributed by atoms with Gasteiger partial charge in [-0.05, 0) is 31.0 Å². The lowest BCUT2D eigenvalue weighted by Gasteiger charge is -2.13. The lowest BCUT2D eigenvalue weighted by atomic mass is 10.1. The van der Waals surface area contributed by atoms with Gasteiger partial charge in [0.2, 0.25) is 0 Å². The van der Waals surface area contributed by atoms with E-state index in [4.69, 9.17) is 17.4 Å². The summed E-state index contributed by atoms with van der Waals surface area (Å²) in [5, 5.41) is 4.14. The minimum atomic E-state index is 0.141. The average Bonchev–Trinajstić information content (AvgIpc) is 2.90. The first-order valence-corrected chi connectivity index (χ1v) is 6.58. The molecule has 17 heavy (non-hydrogen) atoms. The fraction of sp³-hybridized carbons (Fsp3) is 0.364. The van der Waals surface area contributed by atoms with Crippen LogP contribution in [0.1, 0.15) is 23.0 Å². The van der Waals surface area contributed by atoms with Gasteiger partial charge >= 0.3 is 0 Å². The third-order valence-corrected chi connectivity index (χ3v) is 4.10. The van der Waals surface area contributed by atoms with Gasteiger partial charge in [0.05, 0.1) is 10.4 Å². The summed E-state index contributed by atoms with van der Waals surface area (Å²) < 4.78 is 2.68. The highest BCUT2D eigenvalue weighted by Crippen LogP contribution is 2.28. The Kier molecular flexibility index (Phi) is 4.17. The number of rotatable bonds is 5. The van der Waals surface area contributed by atoms with Crippen LogP contribution in [0.15, 0.2) is 24.4 Å². The van der Waals surface area contributed by atoms with E-state index in [2.05, 4.69) is 10.5 Å². The van der Waals surface area contributed by atoms with Gasteiger partial charge in [0.25, 0.3) is 0 Å². The van der Waals surface area contributed by atoms with Crippen molar-refractivity contribution in [2.75, 3.05) is 0 Å². The number of aryl methyl sites for hydroxylation is 2.